The quantitative estimate of drug-likeness (QED) is 0.839. The molecule has 3 heterocycles. The maximum absolute atomic E-state index is 12.1. The van der Waals surface area contributed by atoms with Crippen molar-refractivity contribution in [2.45, 2.75) is 37.9 Å². The van der Waals surface area contributed by atoms with Gasteiger partial charge in [0.1, 0.15) is 0 Å². The van der Waals surface area contributed by atoms with Crippen LogP contribution in [0.4, 0.5) is 10.5 Å². The van der Waals surface area contributed by atoms with Gasteiger partial charge in [-0.1, -0.05) is 11.2 Å². The van der Waals surface area contributed by atoms with Crippen LogP contribution in [0.1, 0.15) is 35.8 Å². The lowest BCUT2D eigenvalue weighted by Gasteiger charge is -2.15. The van der Waals surface area contributed by atoms with Crippen LogP contribution in [0.15, 0.2) is 23.4 Å². The number of benzene rings is 1. The van der Waals surface area contributed by atoms with Crippen LogP contribution >= 0.6 is 0 Å². The average Bonchev–Trinajstić information content (AvgIpc) is 3.39. The Bertz CT molecular complexity index is 990. The fourth-order valence-corrected chi connectivity index (χ4v) is 4.05. The molecule has 0 saturated carbocycles. The molecule has 1 saturated heterocycles. The van der Waals surface area contributed by atoms with Crippen LogP contribution in [0, 0.1) is 0 Å². The van der Waals surface area contributed by atoms with Crippen LogP contribution in [0.5, 0.6) is 0 Å². The summed E-state index contributed by atoms with van der Waals surface area (Å²) >= 11 is 0. The van der Waals surface area contributed by atoms with E-state index in [1.807, 2.05) is 18.2 Å². The summed E-state index contributed by atoms with van der Waals surface area (Å²) in [5.74, 6) is -0.641. The van der Waals surface area contributed by atoms with Crippen LogP contribution in [0.3, 0.4) is 0 Å². The predicted octanol–water partition coefficient (Wildman–Crippen LogP) is 1.82. The normalized spacial score (nSPS) is 23.0. The van der Waals surface area contributed by atoms with Crippen molar-refractivity contribution in [2.75, 3.05) is 11.4 Å². The molecule has 2 amide bonds. The summed E-state index contributed by atoms with van der Waals surface area (Å²) < 4.78 is 5.04. The van der Waals surface area contributed by atoms with Crippen molar-refractivity contribution >= 4 is 23.9 Å². The molecule has 3 N–H and O–H groups in total. The van der Waals surface area contributed by atoms with Gasteiger partial charge in [0.25, 0.3) is 5.91 Å². The number of ether oxygens (including phenoxy) is 1. The summed E-state index contributed by atoms with van der Waals surface area (Å²) in [6, 6.07) is 5.79. The van der Waals surface area contributed by atoms with Crippen molar-refractivity contribution in [3.05, 3.63) is 35.0 Å². The van der Waals surface area contributed by atoms with E-state index in [9.17, 15) is 9.59 Å². The number of anilines is 1. The van der Waals surface area contributed by atoms with Gasteiger partial charge >= 0.3 is 6.09 Å². The Morgan fingerprint density at radius 3 is 2.96 bits per heavy atom. The van der Waals surface area contributed by atoms with E-state index in [2.05, 4.69) is 15.4 Å². The largest absolute Gasteiger partial charge is 0.434 e. The summed E-state index contributed by atoms with van der Waals surface area (Å²) in [6.45, 7) is 0.129. The second-order valence-corrected chi connectivity index (χ2v) is 7.16. The van der Waals surface area contributed by atoms with Crippen LogP contribution in [-0.2, 0) is 27.2 Å². The topological polar surface area (TPSA) is 123 Å². The number of fused-ring (bicyclic) bond motifs is 3. The zero-order chi connectivity index (χ0) is 19.3. The first kappa shape index (κ1) is 16.8. The monoisotopic (exact) mass is 381 g/mol. The molecular formula is C19H19N5O4. The first-order chi connectivity index (χ1) is 13.6. The zero-order valence-corrected chi connectivity index (χ0v) is 15.1. The van der Waals surface area contributed by atoms with Crippen molar-refractivity contribution in [1.82, 2.24) is 10.2 Å². The van der Waals surface area contributed by atoms with Crippen molar-refractivity contribution < 1.29 is 19.2 Å². The number of nitrogens with zero attached hydrogens (tertiary/aromatic N) is 3. The van der Waals surface area contributed by atoms with Crippen LogP contribution in [0.25, 0.3) is 11.3 Å². The van der Waals surface area contributed by atoms with Gasteiger partial charge in [0, 0.05) is 29.4 Å². The van der Waals surface area contributed by atoms with Gasteiger partial charge < -0.3 is 15.3 Å². The number of oxime groups is 1. The number of aromatic amines is 1. The molecule has 1 unspecified atom stereocenters. The fraction of sp³-hybridized carbons (Fsp3) is 0.368. The average molecular weight is 381 g/mol. The smallest absolute Gasteiger partial charge is 0.415 e. The maximum atomic E-state index is 12.1. The molecule has 2 atom stereocenters. The molecule has 2 aromatic rings. The van der Waals surface area contributed by atoms with Gasteiger partial charge in [-0.15, -0.1) is 0 Å². The molecule has 144 valence electrons. The minimum absolute atomic E-state index is 0.109. The van der Waals surface area contributed by atoms with Gasteiger partial charge in [0.05, 0.1) is 17.9 Å². The van der Waals surface area contributed by atoms with E-state index in [-0.39, 0.29) is 12.6 Å². The number of hydrogen-bond donors (Lipinski definition) is 2. The highest BCUT2D eigenvalue weighted by molar-refractivity contribution is 5.95. The summed E-state index contributed by atoms with van der Waals surface area (Å²) in [4.78, 5) is 30.3. The van der Waals surface area contributed by atoms with E-state index in [0.29, 0.717) is 5.69 Å². The SMILES string of the molecule is NC(=O)[C@H]1CN(c2ccc3c(c2)CCCc2c-3n[nH]c2C2CC=NO2)C(=O)O1. The Morgan fingerprint density at radius 1 is 1.32 bits per heavy atom. The van der Waals surface area contributed by atoms with Crippen molar-refractivity contribution in [2.24, 2.45) is 10.9 Å². The Balaban J connectivity index is 1.49. The first-order valence-electron chi connectivity index (χ1n) is 9.27. The Morgan fingerprint density at radius 2 is 2.21 bits per heavy atom. The third-order valence-corrected chi connectivity index (χ3v) is 5.46. The number of aryl methyl sites for hydroxylation is 1. The molecule has 9 heteroatoms. The molecule has 28 heavy (non-hydrogen) atoms. The van der Waals surface area contributed by atoms with Crippen molar-refractivity contribution in [1.29, 1.82) is 0 Å². The number of cyclic esters (lactones) is 1. The Labute approximate surface area is 160 Å². The molecule has 9 nitrogen and oxygen atoms in total. The molecule has 3 aliphatic rings. The minimum atomic E-state index is -0.916. The zero-order valence-electron chi connectivity index (χ0n) is 15.1. The number of aromatic nitrogens is 2. The van der Waals surface area contributed by atoms with Crippen LogP contribution in [0.2, 0.25) is 0 Å². The molecule has 1 aliphatic carbocycles. The third-order valence-electron chi connectivity index (χ3n) is 5.46. The van der Waals surface area contributed by atoms with E-state index >= 15 is 0 Å². The Kier molecular flexibility index (Phi) is 3.81. The number of primary amides is 1. The van der Waals surface area contributed by atoms with Crippen molar-refractivity contribution in [3.8, 4) is 11.3 Å². The second kappa shape index (κ2) is 6.36. The number of carbonyl (C=O) groups excluding carboxylic acids is 2. The summed E-state index contributed by atoms with van der Waals surface area (Å²) in [5.41, 5.74) is 11.2. The molecule has 2 aliphatic heterocycles. The van der Waals surface area contributed by atoms with E-state index in [1.54, 1.807) is 6.21 Å². The van der Waals surface area contributed by atoms with Gasteiger partial charge in [0.2, 0.25) is 0 Å². The standard InChI is InChI=1S/C19H19N5O4/c20-18(25)15-9-24(19(26)27-15)11-4-5-12-10(8-11)2-1-3-13-16(12)22-23-17(13)14-6-7-21-28-14/h4-5,7-8,14-15H,1-3,6,9H2,(H2,20,25)(H,22,23)/t14?,15-/m1/s1. The molecule has 1 aromatic carbocycles. The number of carbonyl (C=O) groups is 2. The highest BCUT2D eigenvalue weighted by Crippen LogP contribution is 2.38. The highest BCUT2D eigenvalue weighted by Gasteiger charge is 2.36. The fourth-order valence-electron chi connectivity index (χ4n) is 4.05. The lowest BCUT2D eigenvalue weighted by Crippen LogP contribution is -2.32. The molecular weight excluding hydrogens is 362 g/mol. The summed E-state index contributed by atoms with van der Waals surface area (Å²) in [5, 5.41) is 11.5. The van der Waals surface area contributed by atoms with Gasteiger partial charge in [-0.05, 0) is 37.0 Å². The van der Waals surface area contributed by atoms with Crippen molar-refractivity contribution in [3.63, 3.8) is 0 Å². The van der Waals surface area contributed by atoms with Gasteiger partial charge in [-0.25, -0.2) is 4.79 Å². The van der Waals surface area contributed by atoms with E-state index in [0.717, 1.165) is 53.8 Å². The predicted molar refractivity (Wildman–Crippen MR) is 99.8 cm³/mol. The molecule has 0 spiro atoms. The number of amides is 2. The number of nitrogens with two attached hydrogens (primary N) is 1. The molecule has 1 aromatic heterocycles. The summed E-state index contributed by atoms with van der Waals surface area (Å²) in [7, 11) is 0. The molecule has 0 radical (unpaired) electrons. The third kappa shape index (κ3) is 2.62. The summed E-state index contributed by atoms with van der Waals surface area (Å²) in [6.07, 6.45) is 3.63. The second-order valence-electron chi connectivity index (χ2n) is 7.16. The van der Waals surface area contributed by atoms with Crippen LogP contribution < -0.4 is 10.6 Å². The number of rotatable bonds is 3. The Hall–Kier alpha value is -3.36. The van der Waals surface area contributed by atoms with Crippen LogP contribution in [-0.4, -0.2) is 41.1 Å². The minimum Gasteiger partial charge on any atom is -0.434 e. The van der Waals surface area contributed by atoms with Gasteiger partial charge in [-0.3, -0.25) is 14.8 Å². The molecule has 5 rings (SSSR count). The van der Waals surface area contributed by atoms with Gasteiger partial charge in [-0.2, -0.15) is 5.10 Å². The lowest BCUT2D eigenvalue weighted by atomic mass is 9.99. The first-order valence-corrected chi connectivity index (χ1v) is 9.27. The van der Waals surface area contributed by atoms with E-state index in [1.165, 1.54) is 4.90 Å². The van der Waals surface area contributed by atoms with Gasteiger partial charge in [0.15, 0.2) is 12.2 Å². The molecule has 1 fully saturated rings. The number of H-pyrrole nitrogens is 1. The highest BCUT2D eigenvalue weighted by atomic mass is 16.6. The number of nitrogens with one attached hydrogen (secondary N) is 1. The lowest BCUT2D eigenvalue weighted by molar-refractivity contribution is -0.124. The van der Waals surface area contributed by atoms with E-state index < -0.39 is 18.1 Å². The maximum Gasteiger partial charge on any atom is 0.415 e. The van der Waals surface area contributed by atoms with E-state index in [4.69, 9.17) is 15.3 Å². The molecule has 0 bridgehead atoms. The number of hydrogen-bond acceptors (Lipinski definition) is 6.